The van der Waals surface area contributed by atoms with E-state index in [4.69, 9.17) is 9.47 Å². The lowest BCUT2D eigenvalue weighted by Crippen LogP contribution is -2.31. The molecule has 4 heteroatoms. The average molecular weight is 275 g/mol. The number of ether oxygens (including phenoxy) is 2. The molecule has 1 unspecified atom stereocenters. The summed E-state index contributed by atoms with van der Waals surface area (Å²) in [6.07, 6.45) is 0. The average Bonchev–Trinajstić information content (AvgIpc) is 2.42. The molecular weight excluding hydrogens is 254 g/mol. The Morgan fingerprint density at radius 3 is 2.50 bits per heavy atom. The van der Waals surface area contributed by atoms with Crippen LogP contribution in [0.15, 0.2) is 29.7 Å². The van der Waals surface area contributed by atoms with Crippen molar-refractivity contribution in [3.8, 4) is 0 Å². The third kappa shape index (κ3) is 3.13. The van der Waals surface area contributed by atoms with E-state index in [1.165, 1.54) is 11.1 Å². The summed E-state index contributed by atoms with van der Waals surface area (Å²) < 4.78 is 10.7. The first-order chi connectivity index (χ1) is 9.49. The Hall–Kier alpha value is -1.97. The Kier molecular flexibility index (Phi) is 4.32. The molecular formula is C16H21NO3. The van der Waals surface area contributed by atoms with Crippen molar-refractivity contribution in [2.24, 2.45) is 0 Å². The van der Waals surface area contributed by atoms with Crippen molar-refractivity contribution in [3.05, 3.63) is 46.4 Å². The second kappa shape index (κ2) is 5.99. The second-order valence-corrected chi connectivity index (χ2v) is 5.12. The summed E-state index contributed by atoms with van der Waals surface area (Å²) in [5, 5.41) is 2.94. The molecule has 1 aliphatic heterocycles. The van der Waals surface area contributed by atoms with Gasteiger partial charge in [0.1, 0.15) is 19.0 Å². The van der Waals surface area contributed by atoms with Crippen molar-refractivity contribution in [3.63, 3.8) is 0 Å². The highest BCUT2D eigenvalue weighted by atomic mass is 16.6. The number of amides is 1. The first-order valence-electron chi connectivity index (χ1n) is 6.83. The molecule has 1 aromatic carbocycles. The molecule has 0 radical (unpaired) electrons. The number of carbonyl (C=O) groups excluding carboxylic acids is 1. The van der Waals surface area contributed by atoms with E-state index in [0.717, 1.165) is 5.56 Å². The van der Waals surface area contributed by atoms with Crippen molar-refractivity contribution in [2.45, 2.75) is 33.7 Å². The third-order valence-electron chi connectivity index (χ3n) is 3.55. The Morgan fingerprint density at radius 1 is 1.15 bits per heavy atom. The zero-order valence-corrected chi connectivity index (χ0v) is 12.4. The van der Waals surface area contributed by atoms with Gasteiger partial charge >= 0.3 is 0 Å². The molecule has 2 rings (SSSR count). The summed E-state index contributed by atoms with van der Waals surface area (Å²) in [7, 11) is 0. The van der Waals surface area contributed by atoms with Gasteiger partial charge in [0.05, 0.1) is 6.04 Å². The molecule has 4 nitrogen and oxygen atoms in total. The zero-order chi connectivity index (χ0) is 14.7. The number of aryl methyl sites for hydroxylation is 2. The van der Waals surface area contributed by atoms with Gasteiger partial charge in [-0.2, -0.15) is 0 Å². The van der Waals surface area contributed by atoms with Gasteiger partial charge in [-0.05, 0) is 44.4 Å². The number of carbonyl (C=O) groups is 1. The number of hydrogen-bond acceptors (Lipinski definition) is 3. The van der Waals surface area contributed by atoms with Gasteiger partial charge in [0, 0.05) is 0 Å². The van der Waals surface area contributed by atoms with Crippen LogP contribution in [0.5, 0.6) is 0 Å². The smallest absolute Gasteiger partial charge is 0.290 e. The minimum atomic E-state index is -0.229. The van der Waals surface area contributed by atoms with E-state index in [1.807, 2.05) is 13.0 Å². The largest absolute Gasteiger partial charge is 0.491 e. The fourth-order valence-electron chi connectivity index (χ4n) is 2.11. The molecule has 0 aliphatic carbocycles. The molecule has 1 N–H and O–H groups in total. The summed E-state index contributed by atoms with van der Waals surface area (Å²) in [5.41, 5.74) is 3.54. The number of benzene rings is 1. The monoisotopic (exact) mass is 275 g/mol. The van der Waals surface area contributed by atoms with Gasteiger partial charge in [0.2, 0.25) is 5.76 Å². The van der Waals surface area contributed by atoms with E-state index in [9.17, 15) is 4.79 Å². The van der Waals surface area contributed by atoms with Gasteiger partial charge in [-0.1, -0.05) is 18.2 Å². The van der Waals surface area contributed by atoms with Crippen LogP contribution in [0.4, 0.5) is 0 Å². The minimum Gasteiger partial charge on any atom is -0.491 e. The molecule has 0 spiro atoms. The van der Waals surface area contributed by atoms with Crippen LogP contribution in [-0.2, 0) is 14.3 Å². The lowest BCUT2D eigenvalue weighted by Gasteiger charge is -2.21. The molecule has 1 aromatic rings. The number of allylic oxidation sites excluding steroid dienone is 1. The number of nitrogens with one attached hydrogen (secondary N) is 1. The van der Waals surface area contributed by atoms with Crippen molar-refractivity contribution in [1.82, 2.24) is 5.32 Å². The maximum atomic E-state index is 12.2. The SMILES string of the molecule is CC1=C(C(=O)NC(C)c2ccc(C)c(C)c2)OCCO1. The molecule has 0 saturated carbocycles. The summed E-state index contributed by atoms with van der Waals surface area (Å²) in [6, 6.07) is 6.12. The highest BCUT2D eigenvalue weighted by Crippen LogP contribution is 2.19. The van der Waals surface area contributed by atoms with Crippen LogP contribution in [0.1, 0.15) is 36.6 Å². The maximum Gasteiger partial charge on any atom is 0.290 e. The van der Waals surface area contributed by atoms with Gasteiger partial charge in [0.15, 0.2) is 0 Å². The molecule has 1 heterocycles. The molecule has 108 valence electrons. The first-order valence-corrected chi connectivity index (χ1v) is 6.83. The predicted molar refractivity (Wildman–Crippen MR) is 77.1 cm³/mol. The van der Waals surface area contributed by atoms with Crippen LogP contribution in [-0.4, -0.2) is 19.1 Å². The number of rotatable bonds is 3. The Labute approximate surface area is 119 Å². The van der Waals surface area contributed by atoms with Gasteiger partial charge in [-0.3, -0.25) is 4.79 Å². The van der Waals surface area contributed by atoms with E-state index in [-0.39, 0.29) is 17.7 Å². The van der Waals surface area contributed by atoms with Crippen molar-refractivity contribution in [1.29, 1.82) is 0 Å². The normalized spacial score (nSPS) is 16.2. The maximum absolute atomic E-state index is 12.2. The van der Waals surface area contributed by atoms with Crippen LogP contribution in [0.3, 0.4) is 0 Å². The summed E-state index contributed by atoms with van der Waals surface area (Å²) >= 11 is 0. The molecule has 20 heavy (non-hydrogen) atoms. The highest BCUT2D eigenvalue weighted by molar-refractivity contribution is 5.92. The lowest BCUT2D eigenvalue weighted by molar-refractivity contribution is -0.123. The number of hydrogen-bond donors (Lipinski definition) is 1. The van der Waals surface area contributed by atoms with Crippen LogP contribution < -0.4 is 5.32 Å². The molecule has 0 bridgehead atoms. The summed E-state index contributed by atoms with van der Waals surface area (Å²) in [4.78, 5) is 12.2. The molecule has 1 atom stereocenters. The standard InChI is InChI=1S/C16H21NO3/c1-10-5-6-14(9-11(10)2)12(3)17-16(18)15-13(4)19-7-8-20-15/h5-6,9,12H,7-8H2,1-4H3,(H,17,18). The molecule has 1 aliphatic rings. The Bertz CT molecular complexity index is 549. The van der Waals surface area contributed by atoms with E-state index >= 15 is 0 Å². The van der Waals surface area contributed by atoms with Crippen molar-refractivity contribution >= 4 is 5.91 Å². The van der Waals surface area contributed by atoms with Crippen LogP contribution >= 0.6 is 0 Å². The van der Waals surface area contributed by atoms with Gasteiger partial charge in [0.25, 0.3) is 5.91 Å². The second-order valence-electron chi connectivity index (χ2n) is 5.12. The Morgan fingerprint density at radius 2 is 1.85 bits per heavy atom. The zero-order valence-electron chi connectivity index (χ0n) is 12.4. The van der Waals surface area contributed by atoms with Crippen molar-refractivity contribution < 1.29 is 14.3 Å². The summed E-state index contributed by atoms with van der Waals surface area (Å²) in [6.45, 7) is 8.76. The van der Waals surface area contributed by atoms with E-state index in [1.54, 1.807) is 6.92 Å². The molecule has 0 saturated heterocycles. The summed E-state index contributed by atoms with van der Waals surface area (Å²) in [5.74, 6) is 0.598. The quantitative estimate of drug-likeness (QED) is 0.922. The van der Waals surface area contributed by atoms with Crippen LogP contribution in [0, 0.1) is 13.8 Å². The molecule has 0 aromatic heterocycles. The van der Waals surface area contributed by atoms with E-state index < -0.39 is 0 Å². The molecule has 0 fully saturated rings. The van der Waals surface area contributed by atoms with Crippen LogP contribution in [0.25, 0.3) is 0 Å². The molecule has 1 amide bonds. The van der Waals surface area contributed by atoms with Gasteiger partial charge < -0.3 is 14.8 Å². The fourth-order valence-corrected chi connectivity index (χ4v) is 2.11. The first kappa shape index (κ1) is 14.4. The topological polar surface area (TPSA) is 47.6 Å². The van der Waals surface area contributed by atoms with Crippen LogP contribution in [0.2, 0.25) is 0 Å². The van der Waals surface area contributed by atoms with E-state index in [0.29, 0.717) is 19.0 Å². The van der Waals surface area contributed by atoms with E-state index in [2.05, 4.69) is 31.3 Å². The van der Waals surface area contributed by atoms with Gasteiger partial charge in [-0.25, -0.2) is 0 Å². The highest BCUT2D eigenvalue weighted by Gasteiger charge is 2.21. The van der Waals surface area contributed by atoms with Crippen molar-refractivity contribution in [2.75, 3.05) is 13.2 Å². The fraction of sp³-hybridized carbons (Fsp3) is 0.438. The predicted octanol–water partition coefficient (Wildman–Crippen LogP) is 2.76. The third-order valence-corrected chi connectivity index (χ3v) is 3.55. The minimum absolute atomic E-state index is 0.0763. The Balaban J connectivity index is 2.09. The van der Waals surface area contributed by atoms with Gasteiger partial charge in [-0.15, -0.1) is 0 Å². The lowest BCUT2D eigenvalue weighted by atomic mass is 10.0.